The monoisotopic (exact) mass is 731 g/mol. The van der Waals surface area contributed by atoms with Crippen molar-refractivity contribution in [3.63, 3.8) is 0 Å². The van der Waals surface area contributed by atoms with Gasteiger partial charge in [0.15, 0.2) is 0 Å². The topological polar surface area (TPSA) is 38.9 Å². The third-order valence-corrected chi connectivity index (χ3v) is 7.95. The summed E-state index contributed by atoms with van der Waals surface area (Å²) in [4.78, 5) is 9.02. The average Bonchev–Trinajstić information content (AvgIpc) is 3.56. The zero-order chi connectivity index (χ0) is 27.9. The standard InChI is InChI=1S/C24H20NOS.C12H10N.Ir/c1-14-13-25-20(12-19(14)24(2,3)4)17-7-5-6-16-18-11-22-15(8-9-27-22)10-21(18)26-23(16)17;1-10-7-8-12(13-9-10)11-5-3-2-4-6-11;/h5-6,8-13H,1-4H3;2-5,7-9H,1H3;/q2*-1;. The molecule has 0 aliphatic heterocycles. The SMILES string of the molecule is Cc1ccc(-c2[c-]cccc2)nc1.Cc1cnc(-c2[c-]ccc3c2oc2cc4ccsc4cc23)cc1C(C)(C)C.[Ir]. The Morgan fingerprint density at radius 2 is 1.63 bits per heavy atom. The number of fused-ring (bicyclic) bond motifs is 4. The second-order valence-electron chi connectivity index (χ2n) is 11.1. The molecule has 41 heavy (non-hydrogen) atoms. The molecule has 7 rings (SSSR count). The Labute approximate surface area is 258 Å². The first-order chi connectivity index (χ1) is 19.3. The first-order valence-corrected chi connectivity index (χ1v) is 14.3. The van der Waals surface area contributed by atoms with E-state index >= 15 is 0 Å². The van der Waals surface area contributed by atoms with Crippen LogP contribution in [-0.4, -0.2) is 9.97 Å². The average molecular weight is 731 g/mol. The van der Waals surface area contributed by atoms with Crippen molar-refractivity contribution in [3.05, 3.63) is 119 Å². The zero-order valence-corrected chi connectivity index (χ0v) is 26.9. The maximum absolute atomic E-state index is 6.30. The minimum atomic E-state index is 0. The molecule has 0 spiro atoms. The fourth-order valence-corrected chi connectivity index (χ4v) is 5.84. The molecule has 0 aliphatic carbocycles. The Hall–Kier alpha value is -3.63. The molecule has 5 heteroatoms. The van der Waals surface area contributed by atoms with Crippen molar-refractivity contribution >= 4 is 43.4 Å². The smallest absolute Gasteiger partial charge is 0.121 e. The molecule has 4 heterocycles. The van der Waals surface area contributed by atoms with Crippen molar-refractivity contribution in [1.29, 1.82) is 0 Å². The van der Waals surface area contributed by atoms with Gasteiger partial charge in [0, 0.05) is 42.6 Å². The summed E-state index contributed by atoms with van der Waals surface area (Å²) in [5, 5.41) is 5.61. The molecule has 0 saturated heterocycles. The predicted octanol–water partition coefficient (Wildman–Crippen LogP) is 10.1. The maximum atomic E-state index is 6.30. The van der Waals surface area contributed by atoms with Gasteiger partial charge in [0.2, 0.25) is 0 Å². The minimum absolute atomic E-state index is 0. The Balaban J connectivity index is 0.000000204. The van der Waals surface area contributed by atoms with Gasteiger partial charge in [0.1, 0.15) is 5.58 Å². The van der Waals surface area contributed by atoms with Crippen molar-refractivity contribution in [2.24, 2.45) is 0 Å². The molecule has 1 radical (unpaired) electrons. The van der Waals surface area contributed by atoms with Crippen LogP contribution in [0.3, 0.4) is 0 Å². The van der Waals surface area contributed by atoms with Gasteiger partial charge < -0.3 is 14.4 Å². The second-order valence-corrected chi connectivity index (χ2v) is 12.1. The summed E-state index contributed by atoms with van der Waals surface area (Å²) in [5.41, 5.74) is 9.40. The van der Waals surface area contributed by atoms with Crippen LogP contribution in [0.2, 0.25) is 0 Å². The van der Waals surface area contributed by atoms with Crippen LogP contribution < -0.4 is 0 Å². The summed E-state index contributed by atoms with van der Waals surface area (Å²) in [6, 6.07) is 31.2. The molecular weight excluding hydrogens is 701 g/mol. The Morgan fingerprint density at radius 1 is 0.805 bits per heavy atom. The Morgan fingerprint density at radius 3 is 2.37 bits per heavy atom. The molecule has 3 nitrogen and oxygen atoms in total. The van der Waals surface area contributed by atoms with E-state index in [-0.39, 0.29) is 25.5 Å². The zero-order valence-electron chi connectivity index (χ0n) is 23.7. The van der Waals surface area contributed by atoms with Crippen LogP contribution in [0.1, 0.15) is 37.5 Å². The third kappa shape index (κ3) is 5.89. The predicted molar refractivity (Wildman–Crippen MR) is 168 cm³/mol. The van der Waals surface area contributed by atoms with Crippen molar-refractivity contribution < 1.29 is 24.5 Å². The number of rotatable bonds is 2. The van der Waals surface area contributed by atoms with Gasteiger partial charge in [-0.25, -0.2) is 0 Å². The van der Waals surface area contributed by atoms with E-state index in [1.54, 1.807) is 11.3 Å². The first kappa shape index (κ1) is 28.9. The number of pyridine rings is 2. The normalized spacial score (nSPS) is 11.3. The molecule has 0 aliphatic rings. The quantitative estimate of drug-likeness (QED) is 0.166. The van der Waals surface area contributed by atoms with E-state index in [1.165, 1.54) is 26.8 Å². The molecule has 4 aromatic heterocycles. The van der Waals surface area contributed by atoms with Gasteiger partial charge in [-0.1, -0.05) is 49.9 Å². The summed E-state index contributed by atoms with van der Waals surface area (Å²) >= 11 is 1.76. The fraction of sp³-hybridized carbons (Fsp3) is 0.167. The third-order valence-electron chi connectivity index (χ3n) is 7.07. The van der Waals surface area contributed by atoms with E-state index in [9.17, 15) is 0 Å². The van der Waals surface area contributed by atoms with E-state index in [1.807, 2.05) is 55.7 Å². The van der Waals surface area contributed by atoms with Crippen molar-refractivity contribution in [2.75, 3.05) is 0 Å². The molecular formula is C36H30IrN2OS-2. The van der Waals surface area contributed by atoms with Crippen LogP contribution in [0.5, 0.6) is 0 Å². The second kappa shape index (κ2) is 11.7. The molecule has 3 aromatic carbocycles. The molecule has 0 N–H and O–H groups in total. The van der Waals surface area contributed by atoms with Crippen molar-refractivity contribution in [2.45, 2.75) is 40.0 Å². The summed E-state index contributed by atoms with van der Waals surface area (Å²) < 4.78 is 7.59. The summed E-state index contributed by atoms with van der Waals surface area (Å²) in [5.74, 6) is 0. The van der Waals surface area contributed by atoms with Gasteiger partial charge >= 0.3 is 0 Å². The van der Waals surface area contributed by atoms with Gasteiger partial charge in [0.25, 0.3) is 0 Å². The van der Waals surface area contributed by atoms with E-state index in [4.69, 9.17) is 9.40 Å². The minimum Gasteiger partial charge on any atom is -0.501 e. The number of aryl methyl sites for hydroxylation is 2. The van der Waals surface area contributed by atoms with Gasteiger partial charge in [-0.3, -0.25) is 0 Å². The molecule has 0 amide bonds. The Kier molecular flexibility index (Phi) is 8.24. The van der Waals surface area contributed by atoms with Crippen LogP contribution in [0.25, 0.3) is 54.5 Å². The Bertz CT molecular complexity index is 1950. The van der Waals surface area contributed by atoms with Gasteiger partial charge in [-0.2, -0.15) is 0 Å². The number of benzene rings is 3. The van der Waals surface area contributed by atoms with E-state index in [2.05, 4.69) is 86.6 Å². The molecule has 0 bridgehead atoms. The van der Waals surface area contributed by atoms with Gasteiger partial charge in [-0.15, -0.1) is 65.4 Å². The molecule has 0 atom stereocenters. The number of furan rings is 1. The van der Waals surface area contributed by atoms with Crippen LogP contribution >= 0.6 is 11.3 Å². The largest absolute Gasteiger partial charge is 0.501 e. The van der Waals surface area contributed by atoms with Crippen molar-refractivity contribution in [3.8, 4) is 22.5 Å². The number of hydrogen-bond acceptors (Lipinski definition) is 4. The van der Waals surface area contributed by atoms with Crippen LogP contribution in [0.4, 0.5) is 0 Å². The van der Waals surface area contributed by atoms with Crippen LogP contribution in [0.15, 0.2) is 95.0 Å². The van der Waals surface area contributed by atoms with Crippen LogP contribution in [0, 0.1) is 26.0 Å². The summed E-state index contributed by atoms with van der Waals surface area (Å²) in [6.45, 7) is 10.9. The van der Waals surface area contributed by atoms with E-state index < -0.39 is 0 Å². The molecule has 0 saturated carbocycles. The number of nitrogens with zero attached hydrogens (tertiary/aromatic N) is 2. The number of hydrogen-bond donors (Lipinski definition) is 0. The number of thiophene rings is 1. The number of aromatic nitrogens is 2. The van der Waals surface area contributed by atoms with Crippen LogP contribution in [-0.2, 0) is 25.5 Å². The summed E-state index contributed by atoms with van der Waals surface area (Å²) in [7, 11) is 0. The molecule has 207 valence electrons. The fourth-order valence-electron chi connectivity index (χ4n) is 5.03. The first-order valence-electron chi connectivity index (χ1n) is 13.4. The van der Waals surface area contributed by atoms with E-state index in [0.717, 1.165) is 44.5 Å². The molecule has 0 unspecified atom stereocenters. The summed E-state index contributed by atoms with van der Waals surface area (Å²) in [6.07, 6.45) is 3.83. The molecule has 0 fully saturated rings. The maximum Gasteiger partial charge on any atom is 0.121 e. The van der Waals surface area contributed by atoms with Gasteiger partial charge in [0.05, 0.1) is 5.58 Å². The van der Waals surface area contributed by atoms with Gasteiger partial charge in [-0.05, 0) is 76.3 Å². The molecule has 7 aromatic rings. The van der Waals surface area contributed by atoms with E-state index in [0.29, 0.717) is 0 Å². The van der Waals surface area contributed by atoms with Crippen molar-refractivity contribution in [1.82, 2.24) is 9.97 Å².